The number of fused-ring (bicyclic) bond motifs is 7. The fourth-order valence-corrected chi connectivity index (χ4v) is 14.5. The van der Waals surface area contributed by atoms with Gasteiger partial charge in [0.1, 0.15) is 5.75 Å². The summed E-state index contributed by atoms with van der Waals surface area (Å²) < 4.78 is 5.12. The molecule has 0 bridgehead atoms. The predicted molar refractivity (Wildman–Crippen MR) is 216 cm³/mol. The molecule has 0 aromatic heterocycles. The molecule has 1 N–H and O–H groups in total. The van der Waals surface area contributed by atoms with Crippen molar-refractivity contribution < 1.29 is 14.3 Å². The quantitative estimate of drug-likeness (QED) is 0.193. The van der Waals surface area contributed by atoms with Gasteiger partial charge < -0.3 is 15.0 Å². The lowest BCUT2D eigenvalue weighted by molar-refractivity contribution is -0.219. The van der Waals surface area contributed by atoms with Crippen molar-refractivity contribution in [3.63, 3.8) is 0 Å². The van der Waals surface area contributed by atoms with Crippen molar-refractivity contribution in [3.8, 4) is 5.75 Å². The zero-order chi connectivity index (χ0) is 38.0. The topological polar surface area (TPSA) is 61.9 Å². The van der Waals surface area contributed by atoms with Gasteiger partial charge in [0.2, 0.25) is 5.91 Å². The van der Waals surface area contributed by atoms with Crippen LogP contribution in [0.25, 0.3) is 5.57 Å². The van der Waals surface area contributed by atoms with E-state index in [2.05, 4.69) is 95.3 Å². The second-order valence-corrected chi connectivity index (χ2v) is 20.4. The fraction of sp³-hybridized carbons (Fsp3) is 0.745. The largest absolute Gasteiger partial charge is 0.429 e. The van der Waals surface area contributed by atoms with Gasteiger partial charge in [-0.05, 0) is 145 Å². The highest BCUT2D eigenvalue weighted by molar-refractivity contribution is 5.76. The highest BCUT2D eigenvalue weighted by Crippen LogP contribution is 2.76. The van der Waals surface area contributed by atoms with Crippen LogP contribution in [0.4, 0.5) is 0 Å². The summed E-state index contributed by atoms with van der Waals surface area (Å²) in [6, 6.07) is 8.17. The summed E-state index contributed by atoms with van der Waals surface area (Å²) in [5.41, 5.74) is 5.32. The van der Waals surface area contributed by atoms with E-state index in [-0.39, 0.29) is 16.4 Å². The lowest BCUT2D eigenvalue weighted by Crippen LogP contribution is -2.68. The average Bonchev–Trinajstić information content (AvgIpc) is 3.49. The maximum atomic E-state index is 12.7. The van der Waals surface area contributed by atoms with Gasteiger partial charge in [-0.3, -0.25) is 14.5 Å². The van der Waals surface area contributed by atoms with Gasteiger partial charge in [0.15, 0.2) is 0 Å². The molecule has 9 atom stereocenters. The number of nitrogens with zero attached hydrogens (tertiary/aromatic N) is 2. The molecule has 1 heterocycles. The van der Waals surface area contributed by atoms with Gasteiger partial charge in [0.05, 0.1) is 0 Å². The normalized spacial score (nSPS) is 39.3. The molecule has 0 unspecified atom stereocenters. The Morgan fingerprint density at radius 2 is 1.64 bits per heavy atom. The summed E-state index contributed by atoms with van der Waals surface area (Å²) in [5, 5.41) is 4.32. The molecule has 6 heteroatoms. The Balaban J connectivity index is 1.08. The summed E-state index contributed by atoms with van der Waals surface area (Å²) in [7, 11) is 0. The van der Waals surface area contributed by atoms with Crippen molar-refractivity contribution in [2.75, 3.05) is 39.3 Å². The number of hydrogen-bond donors (Lipinski definition) is 1. The molecule has 292 valence electrons. The van der Waals surface area contributed by atoms with E-state index in [1.807, 2.05) is 12.1 Å². The number of ether oxygens (including phenoxy) is 1. The van der Waals surface area contributed by atoms with E-state index >= 15 is 0 Å². The van der Waals surface area contributed by atoms with Gasteiger partial charge >= 0.3 is 0 Å². The standard InChI is InChI=1S/C47H71N3O3/c1-32(2)30-41(52)50-28-26-49(27-29-50)25-24-48-47-21-16-36(33(3)4)42(47)38-14-15-40-44(7)19-17-37(34-10-12-35(13-11-34)53-31-51)43(5,6)39(44)18-20-46(40,9)45(38,8)22-23-47/h10-13,17,31-32,36,38-40,42,48H,3,14-16,18-30H2,1-2,4-9H3/t36-,38+,39-,40+,42+,44-,45+,46+,47-/m0/s1. The minimum atomic E-state index is 0.0670. The molecule has 5 aliphatic carbocycles. The molecule has 6 aliphatic rings. The SMILES string of the molecule is C=C(C)[C@@H]1CC[C@]2(NCCN3CCN(C(=O)CC(C)C)CC3)CC[C@]3(C)[C@H](CC[C@@H]4[C@@]5(C)CC=C(c6ccc(OC=O)cc6)C(C)(C)[C@@H]5CC[C@]43C)[C@@H]12. The number of nitrogens with one attached hydrogen (secondary N) is 1. The monoisotopic (exact) mass is 726 g/mol. The predicted octanol–water partition coefficient (Wildman–Crippen LogP) is 9.41. The molecule has 53 heavy (non-hydrogen) atoms. The first kappa shape index (κ1) is 38.8. The van der Waals surface area contributed by atoms with Crippen LogP contribution in [0.15, 0.2) is 42.5 Å². The first-order valence-electron chi connectivity index (χ1n) is 21.4. The lowest BCUT2D eigenvalue weighted by Gasteiger charge is -2.72. The van der Waals surface area contributed by atoms with Crippen molar-refractivity contribution in [3.05, 3.63) is 48.1 Å². The number of allylic oxidation sites excluding steroid dienone is 3. The van der Waals surface area contributed by atoms with Gasteiger partial charge in [-0.15, -0.1) is 0 Å². The fourth-order valence-electron chi connectivity index (χ4n) is 14.5. The van der Waals surface area contributed by atoms with Gasteiger partial charge in [-0.25, -0.2) is 0 Å². The molecule has 1 aliphatic heterocycles. The summed E-state index contributed by atoms with van der Waals surface area (Å²) in [6.07, 6.45) is 14.9. The third-order valence-corrected chi connectivity index (χ3v) is 17.2. The van der Waals surface area contributed by atoms with Crippen LogP contribution >= 0.6 is 0 Å². The number of carbonyl (C=O) groups excluding carboxylic acids is 2. The smallest absolute Gasteiger partial charge is 0.298 e. The van der Waals surface area contributed by atoms with E-state index in [4.69, 9.17) is 4.74 Å². The number of hydrogen-bond acceptors (Lipinski definition) is 5. The Kier molecular flexibility index (Phi) is 10.4. The molecule has 7 rings (SSSR count). The van der Waals surface area contributed by atoms with Gasteiger partial charge in [0.25, 0.3) is 6.47 Å². The molecule has 0 radical (unpaired) electrons. The lowest BCUT2D eigenvalue weighted by atomic mass is 9.33. The first-order chi connectivity index (χ1) is 25.1. The molecule has 4 saturated carbocycles. The molecule has 5 fully saturated rings. The third kappa shape index (κ3) is 6.38. The van der Waals surface area contributed by atoms with E-state index in [1.165, 1.54) is 68.1 Å². The number of carbonyl (C=O) groups is 2. The van der Waals surface area contributed by atoms with Crippen molar-refractivity contribution in [2.45, 2.75) is 125 Å². The summed E-state index contributed by atoms with van der Waals surface area (Å²) in [4.78, 5) is 28.3. The van der Waals surface area contributed by atoms with Gasteiger partial charge in [0, 0.05) is 51.2 Å². The molecule has 6 nitrogen and oxygen atoms in total. The molecular formula is C47H71N3O3. The summed E-state index contributed by atoms with van der Waals surface area (Å²) >= 11 is 0. The third-order valence-electron chi connectivity index (χ3n) is 17.2. The van der Waals surface area contributed by atoms with E-state index < -0.39 is 0 Å². The maximum Gasteiger partial charge on any atom is 0.298 e. The van der Waals surface area contributed by atoms with Crippen molar-refractivity contribution in [2.24, 2.45) is 57.2 Å². The number of benzene rings is 1. The number of rotatable bonds is 10. The molecule has 1 aromatic rings. The average molecular weight is 726 g/mol. The molecule has 1 amide bonds. The van der Waals surface area contributed by atoms with Gasteiger partial charge in [-0.1, -0.05) is 78.8 Å². The van der Waals surface area contributed by atoms with Crippen LogP contribution in [0.2, 0.25) is 0 Å². The van der Waals surface area contributed by atoms with E-state index in [1.54, 1.807) is 0 Å². The van der Waals surface area contributed by atoms with Crippen LogP contribution in [0.1, 0.15) is 125 Å². The summed E-state index contributed by atoms with van der Waals surface area (Å²) in [6.45, 7) is 30.8. The minimum Gasteiger partial charge on any atom is -0.429 e. The van der Waals surface area contributed by atoms with Crippen LogP contribution in [0, 0.1) is 57.2 Å². The molecular weight excluding hydrogens is 655 g/mol. The molecule has 1 aromatic carbocycles. The Morgan fingerprint density at radius 3 is 2.30 bits per heavy atom. The highest BCUT2D eigenvalue weighted by atomic mass is 16.5. The van der Waals surface area contributed by atoms with Crippen LogP contribution < -0.4 is 10.1 Å². The first-order valence-corrected chi connectivity index (χ1v) is 21.4. The second kappa shape index (κ2) is 14.3. The van der Waals surface area contributed by atoms with Crippen LogP contribution in [-0.2, 0) is 9.59 Å². The van der Waals surface area contributed by atoms with Gasteiger partial charge in [-0.2, -0.15) is 0 Å². The van der Waals surface area contributed by atoms with Crippen LogP contribution in [0.5, 0.6) is 5.75 Å². The van der Waals surface area contributed by atoms with E-state index in [0.29, 0.717) is 65.0 Å². The van der Waals surface area contributed by atoms with Crippen LogP contribution in [0.3, 0.4) is 0 Å². The van der Waals surface area contributed by atoms with Crippen molar-refractivity contribution >= 4 is 18.0 Å². The molecule has 0 spiro atoms. The Bertz CT molecular complexity index is 1570. The van der Waals surface area contributed by atoms with E-state index in [0.717, 1.165) is 51.6 Å². The Labute approximate surface area is 321 Å². The van der Waals surface area contributed by atoms with Crippen LogP contribution in [-0.4, -0.2) is 67.0 Å². The van der Waals surface area contributed by atoms with Crippen molar-refractivity contribution in [1.29, 1.82) is 0 Å². The zero-order valence-electron chi connectivity index (χ0n) is 34.6. The van der Waals surface area contributed by atoms with Crippen molar-refractivity contribution in [1.82, 2.24) is 15.1 Å². The second-order valence-electron chi connectivity index (χ2n) is 20.4. The minimum absolute atomic E-state index is 0.0670. The maximum absolute atomic E-state index is 12.7. The summed E-state index contributed by atoms with van der Waals surface area (Å²) in [5.74, 6) is 4.69. The zero-order valence-corrected chi connectivity index (χ0v) is 34.6. The molecule has 1 saturated heterocycles. The highest BCUT2D eigenvalue weighted by Gasteiger charge is 2.70. The number of amides is 1. The van der Waals surface area contributed by atoms with E-state index in [9.17, 15) is 9.59 Å². The Hall–Kier alpha value is -2.44. The Morgan fingerprint density at radius 1 is 0.925 bits per heavy atom. The number of piperazine rings is 1.